The van der Waals surface area contributed by atoms with Gasteiger partial charge in [-0.05, 0) is 42.8 Å². The first kappa shape index (κ1) is 19.3. The molecule has 5 nitrogen and oxygen atoms in total. The number of rotatable bonds is 7. The summed E-state index contributed by atoms with van der Waals surface area (Å²) in [6.07, 6.45) is 0. The molecule has 0 aliphatic heterocycles. The van der Waals surface area contributed by atoms with Crippen molar-refractivity contribution in [3.05, 3.63) is 83.4 Å². The van der Waals surface area contributed by atoms with E-state index < -0.39 is 0 Å². The van der Waals surface area contributed by atoms with Crippen LogP contribution in [0.1, 0.15) is 21.5 Å². The van der Waals surface area contributed by atoms with E-state index in [0.29, 0.717) is 35.1 Å². The van der Waals surface area contributed by atoms with Gasteiger partial charge in [0.2, 0.25) is 0 Å². The summed E-state index contributed by atoms with van der Waals surface area (Å²) >= 11 is 0. The summed E-state index contributed by atoms with van der Waals surface area (Å²) in [5, 5.41) is 2.85. The number of ether oxygens (including phenoxy) is 3. The molecule has 3 aromatic rings. The maximum atomic E-state index is 12.6. The minimum Gasteiger partial charge on any atom is -0.497 e. The number of carbonyl (C=O) groups is 1. The molecule has 0 aromatic heterocycles. The molecular formula is C23H23NO4. The largest absolute Gasteiger partial charge is 0.497 e. The van der Waals surface area contributed by atoms with Gasteiger partial charge in [-0.3, -0.25) is 4.79 Å². The average molecular weight is 377 g/mol. The summed E-state index contributed by atoms with van der Waals surface area (Å²) in [6, 6.07) is 20.5. The molecule has 0 saturated carbocycles. The fourth-order valence-electron chi connectivity index (χ4n) is 2.68. The summed E-state index contributed by atoms with van der Waals surface area (Å²) in [5.41, 5.74) is 3.39. The van der Waals surface area contributed by atoms with Crippen molar-refractivity contribution in [2.75, 3.05) is 19.5 Å². The molecule has 5 heteroatoms. The van der Waals surface area contributed by atoms with E-state index >= 15 is 0 Å². The standard InChI is InChI=1S/C23H23NO4/c1-16-7-9-17(10-8-16)15-28-21-12-11-18(13-22(21)27-3)23(25)24-19-5-4-6-20(14-19)26-2/h4-14H,15H2,1-3H3,(H,24,25). The second kappa shape index (κ2) is 8.95. The van der Waals surface area contributed by atoms with E-state index in [1.54, 1.807) is 44.6 Å². The summed E-state index contributed by atoms with van der Waals surface area (Å²) in [7, 11) is 3.14. The lowest BCUT2D eigenvalue weighted by Gasteiger charge is -2.13. The fraction of sp³-hybridized carbons (Fsp3) is 0.174. The van der Waals surface area contributed by atoms with Crippen molar-refractivity contribution in [3.63, 3.8) is 0 Å². The molecule has 0 aliphatic rings. The average Bonchev–Trinajstić information content (AvgIpc) is 2.73. The lowest BCUT2D eigenvalue weighted by Crippen LogP contribution is -2.12. The van der Waals surface area contributed by atoms with E-state index in [4.69, 9.17) is 14.2 Å². The van der Waals surface area contributed by atoms with Crippen LogP contribution in [0.3, 0.4) is 0 Å². The van der Waals surface area contributed by atoms with Crippen LogP contribution in [0.2, 0.25) is 0 Å². The third-order valence-corrected chi connectivity index (χ3v) is 4.27. The monoisotopic (exact) mass is 377 g/mol. The Bertz CT molecular complexity index is 951. The number of aryl methyl sites for hydroxylation is 1. The van der Waals surface area contributed by atoms with Crippen molar-refractivity contribution >= 4 is 11.6 Å². The Morgan fingerprint density at radius 1 is 0.893 bits per heavy atom. The molecule has 28 heavy (non-hydrogen) atoms. The van der Waals surface area contributed by atoms with Gasteiger partial charge in [0, 0.05) is 17.3 Å². The number of benzene rings is 3. The lowest BCUT2D eigenvalue weighted by molar-refractivity contribution is 0.102. The molecule has 0 fully saturated rings. The van der Waals surface area contributed by atoms with Crippen LogP contribution in [0.25, 0.3) is 0 Å². The highest BCUT2D eigenvalue weighted by Crippen LogP contribution is 2.29. The van der Waals surface area contributed by atoms with Crippen LogP contribution in [0.4, 0.5) is 5.69 Å². The van der Waals surface area contributed by atoms with Gasteiger partial charge in [0.1, 0.15) is 12.4 Å². The molecule has 0 atom stereocenters. The van der Waals surface area contributed by atoms with Crippen LogP contribution in [0.15, 0.2) is 66.7 Å². The first-order valence-corrected chi connectivity index (χ1v) is 8.91. The van der Waals surface area contributed by atoms with Gasteiger partial charge in [-0.2, -0.15) is 0 Å². The molecule has 3 rings (SSSR count). The minimum atomic E-state index is -0.239. The van der Waals surface area contributed by atoms with Crippen LogP contribution in [-0.2, 0) is 6.61 Å². The third kappa shape index (κ3) is 4.82. The summed E-state index contributed by atoms with van der Waals surface area (Å²) in [5.74, 6) is 1.53. The first-order valence-electron chi connectivity index (χ1n) is 8.91. The van der Waals surface area contributed by atoms with Crippen LogP contribution in [-0.4, -0.2) is 20.1 Å². The second-order valence-corrected chi connectivity index (χ2v) is 6.33. The molecule has 0 unspecified atom stereocenters. The van der Waals surface area contributed by atoms with Gasteiger partial charge in [-0.15, -0.1) is 0 Å². The predicted molar refractivity (Wildman–Crippen MR) is 109 cm³/mol. The summed E-state index contributed by atoms with van der Waals surface area (Å²) in [6.45, 7) is 2.47. The number of hydrogen-bond acceptors (Lipinski definition) is 4. The molecule has 1 N–H and O–H groups in total. The Kier molecular flexibility index (Phi) is 6.17. The number of carbonyl (C=O) groups excluding carboxylic acids is 1. The number of hydrogen-bond donors (Lipinski definition) is 1. The fourth-order valence-corrected chi connectivity index (χ4v) is 2.68. The molecule has 0 heterocycles. The maximum absolute atomic E-state index is 12.6. The van der Waals surface area contributed by atoms with Crippen molar-refractivity contribution < 1.29 is 19.0 Å². The van der Waals surface area contributed by atoms with E-state index in [1.807, 2.05) is 43.3 Å². The topological polar surface area (TPSA) is 56.8 Å². The van der Waals surface area contributed by atoms with Crippen LogP contribution in [0.5, 0.6) is 17.2 Å². The molecule has 3 aromatic carbocycles. The number of nitrogens with one attached hydrogen (secondary N) is 1. The molecule has 0 spiro atoms. The van der Waals surface area contributed by atoms with E-state index in [1.165, 1.54) is 5.56 Å². The van der Waals surface area contributed by atoms with Crippen LogP contribution in [0, 0.1) is 6.92 Å². The van der Waals surface area contributed by atoms with Crippen LogP contribution >= 0.6 is 0 Å². The molecule has 1 amide bonds. The zero-order valence-electron chi connectivity index (χ0n) is 16.2. The number of amides is 1. The summed E-state index contributed by atoms with van der Waals surface area (Å²) in [4.78, 5) is 12.6. The van der Waals surface area contributed by atoms with Crippen molar-refractivity contribution in [2.24, 2.45) is 0 Å². The van der Waals surface area contributed by atoms with Crippen molar-refractivity contribution in [2.45, 2.75) is 13.5 Å². The third-order valence-electron chi connectivity index (χ3n) is 4.27. The zero-order valence-corrected chi connectivity index (χ0v) is 16.2. The second-order valence-electron chi connectivity index (χ2n) is 6.33. The molecule has 0 bridgehead atoms. The Morgan fingerprint density at radius 3 is 2.39 bits per heavy atom. The lowest BCUT2D eigenvalue weighted by atomic mass is 10.1. The van der Waals surface area contributed by atoms with Gasteiger partial charge in [0.25, 0.3) is 5.91 Å². The molecule has 0 radical (unpaired) electrons. The van der Waals surface area contributed by atoms with Crippen molar-refractivity contribution in [3.8, 4) is 17.2 Å². The summed E-state index contributed by atoms with van der Waals surface area (Å²) < 4.78 is 16.4. The van der Waals surface area contributed by atoms with Crippen molar-refractivity contribution in [1.82, 2.24) is 0 Å². The highest BCUT2D eigenvalue weighted by atomic mass is 16.5. The van der Waals surface area contributed by atoms with Gasteiger partial charge in [-0.1, -0.05) is 35.9 Å². The maximum Gasteiger partial charge on any atom is 0.255 e. The number of methoxy groups -OCH3 is 2. The predicted octanol–water partition coefficient (Wildman–Crippen LogP) is 4.84. The van der Waals surface area contributed by atoms with E-state index in [2.05, 4.69) is 5.32 Å². The zero-order chi connectivity index (χ0) is 19.9. The van der Waals surface area contributed by atoms with Gasteiger partial charge in [0.15, 0.2) is 11.5 Å². The minimum absolute atomic E-state index is 0.239. The smallest absolute Gasteiger partial charge is 0.255 e. The van der Waals surface area contributed by atoms with Gasteiger partial charge in [0.05, 0.1) is 14.2 Å². The van der Waals surface area contributed by atoms with E-state index in [0.717, 1.165) is 5.56 Å². The Balaban J connectivity index is 1.70. The quantitative estimate of drug-likeness (QED) is 0.640. The highest BCUT2D eigenvalue weighted by Gasteiger charge is 2.12. The molecule has 0 saturated heterocycles. The van der Waals surface area contributed by atoms with E-state index in [-0.39, 0.29) is 5.91 Å². The first-order chi connectivity index (χ1) is 13.6. The normalized spacial score (nSPS) is 10.2. The van der Waals surface area contributed by atoms with Crippen LogP contribution < -0.4 is 19.5 Å². The van der Waals surface area contributed by atoms with E-state index in [9.17, 15) is 4.79 Å². The Hall–Kier alpha value is -3.47. The SMILES string of the molecule is COc1cccc(NC(=O)c2ccc(OCc3ccc(C)cc3)c(OC)c2)c1. The highest BCUT2D eigenvalue weighted by molar-refractivity contribution is 6.04. The van der Waals surface area contributed by atoms with Crippen molar-refractivity contribution in [1.29, 1.82) is 0 Å². The Labute approximate surface area is 164 Å². The van der Waals surface area contributed by atoms with Gasteiger partial charge >= 0.3 is 0 Å². The molecule has 0 aliphatic carbocycles. The Morgan fingerprint density at radius 2 is 1.68 bits per heavy atom. The molecular weight excluding hydrogens is 354 g/mol. The number of anilines is 1. The molecule has 144 valence electrons. The van der Waals surface area contributed by atoms with Gasteiger partial charge < -0.3 is 19.5 Å². The van der Waals surface area contributed by atoms with Gasteiger partial charge in [-0.25, -0.2) is 0 Å².